The van der Waals surface area contributed by atoms with E-state index in [1.807, 2.05) is 27.2 Å². The summed E-state index contributed by atoms with van der Waals surface area (Å²) in [7, 11) is 3.72. The van der Waals surface area contributed by atoms with Crippen LogP contribution in [0.15, 0.2) is 12.4 Å². The van der Waals surface area contributed by atoms with E-state index >= 15 is 0 Å². The number of likely N-dealkylation sites (N-methyl/N-ethyl adjacent to an activating group) is 1. The number of aryl methyl sites for hydroxylation is 1. The molecule has 2 rings (SSSR count). The Hall–Kier alpha value is -1.44. The summed E-state index contributed by atoms with van der Waals surface area (Å²) >= 11 is 0. The maximum absolute atomic E-state index is 12.5. The molecule has 1 aliphatic heterocycles. The molecule has 1 N–H and O–H groups in total. The number of carbonyl (C=O) groups excluding carboxylic acids is 1. The van der Waals surface area contributed by atoms with E-state index in [2.05, 4.69) is 21.8 Å². The fourth-order valence-electron chi connectivity index (χ4n) is 3.30. The number of amides is 1. The molecule has 7 heteroatoms. The molecule has 0 saturated carbocycles. The molecule has 1 aromatic rings. The maximum atomic E-state index is 12.5. The van der Waals surface area contributed by atoms with Gasteiger partial charge < -0.3 is 10.0 Å². The van der Waals surface area contributed by atoms with Gasteiger partial charge in [-0.15, -0.1) is 0 Å². The summed E-state index contributed by atoms with van der Waals surface area (Å²) in [6.45, 7) is 8.41. The maximum Gasteiger partial charge on any atom is 0.236 e. The Morgan fingerprint density at radius 2 is 2.25 bits per heavy atom. The minimum atomic E-state index is -0.308. The summed E-state index contributed by atoms with van der Waals surface area (Å²) in [6.07, 6.45) is 4.46. The van der Waals surface area contributed by atoms with Gasteiger partial charge in [0.25, 0.3) is 0 Å². The van der Waals surface area contributed by atoms with Crippen LogP contribution in [-0.2, 0) is 18.4 Å². The number of nitrogens with zero attached hydrogens (tertiary/aromatic N) is 5. The van der Waals surface area contributed by atoms with Crippen LogP contribution < -0.4 is 0 Å². The van der Waals surface area contributed by atoms with E-state index in [1.165, 1.54) is 0 Å². The Morgan fingerprint density at radius 1 is 1.50 bits per heavy atom. The second-order valence-corrected chi connectivity index (χ2v) is 6.91. The molecule has 24 heavy (non-hydrogen) atoms. The van der Waals surface area contributed by atoms with Crippen LogP contribution in [-0.4, -0.2) is 87.4 Å². The zero-order chi connectivity index (χ0) is 17.7. The van der Waals surface area contributed by atoms with Crippen LogP contribution in [0.4, 0.5) is 0 Å². The van der Waals surface area contributed by atoms with Gasteiger partial charge in [0.1, 0.15) is 0 Å². The molecule has 0 radical (unpaired) electrons. The molecule has 0 spiro atoms. The molecule has 0 unspecified atom stereocenters. The molecule has 1 saturated heterocycles. The molecule has 2 atom stereocenters. The van der Waals surface area contributed by atoms with E-state index in [0.29, 0.717) is 25.7 Å². The lowest BCUT2D eigenvalue weighted by Gasteiger charge is -2.41. The number of aliphatic hydroxyl groups is 1. The third-order valence-electron chi connectivity index (χ3n) is 4.62. The minimum Gasteiger partial charge on any atom is -0.392 e. The molecule has 0 bridgehead atoms. The Kier molecular flexibility index (Phi) is 6.77. The molecule has 7 nitrogen and oxygen atoms in total. The molecular formula is C17H31N5O2. The summed E-state index contributed by atoms with van der Waals surface area (Å²) in [5, 5.41) is 13.8. The van der Waals surface area contributed by atoms with E-state index in [0.717, 1.165) is 31.6 Å². The molecule has 2 heterocycles. The molecule has 136 valence electrons. The lowest BCUT2D eigenvalue weighted by Crippen LogP contribution is -2.56. The van der Waals surface area contributed by atoms with Crippen LogP contribution in [0.25, 0.3) is 0 Å². The smallest absolute Gasteiger partial charge is 0.236 e. The number of β-amino-alcohol motifs (C(OH)–C–C–N with tert-alkyl or cyclic N) is 1. The molecule has 0 aliphatic carbocycles. The predicted molar refractivity (Wildman–Crippen MR) is 93.5 cm³/mol. The van der Waals surface area contributed by atoms with Crippen LogP contribution in [0.2, 0.25) is 0 Å². The molecule has 1 amide bonds. The Morgan fingerprint density at radius 3 is 2.83 bits per heavy atom. The number of piperazine rings is 1. The van der Waals surface area contributed by atoms with Crippen LogP contribution >= 0.6 is 0 Å². The highest BCUT2D eigenvalue weighted by Crippen LogP contribution is 2.14. The van der Waals surface area contributed by atoms with E-state index < -0.39 is 0 Å². The summed E-state index contributed by atoms with van der Waals surface area (Å²) in [4.78, 5) is 18.8. The highest BCUT2D eigenvalue weighted by Gasteiger charge is 2.27. The average molecular weight is 337 g/mol. The molecule has 1 aliphatic rings. The molecule has 0 aromatic carbocycles. The number of hydrogen-bond acceptors (Lipinski definition) is 5. The highest BCUT2D eigenvalue weighted by atomic mass is 16.3. The van der Waals surface area contributed by atoms with Crippen molar-refractivity contribution in [3.05, 3.63) is 18.0 Å². The summed E-state index contributed by atoms with van der Waals surface area (Å²) in [6, 6.07) is 0.407. The van der Waals surface area contributed by atoms with Crippen molar-refractivity contribution in [3.63, 3.8) is 0 Å². The van der Waals surface area contributed by atoms with Gasteiger partial charge in [0, 0.05) is 64.6 Å². The first-order chi connectivity index (χ1) is 11.4. The number of rotatable bonds is 7. The zero-order valence-electron chi connectivity index (χ0n) is 15.4. The Labute approximate surface area is 144 Å². The standard InChI is InChI=1S/C17H31N5O2/c1-5-16-12-21(6-7-22(16)9-14(2)23)13-17(24)19(3)10-15-8-18-20(4)11-15/h8,11,14,16,23H,5-7,9-10,12-13H2,1-4H3/t14-,16+/m0/s1. The van der Waals surface area contributed by atoms with Crippen molar-refractivity contribution < 1.29 is 9.90 Å². The Balaban J connectivity index is 1.83. The van der Waals surface area contributed by atoms with Gasteiger partial charge in [0.15, 0.2) is 0 Å². The van der Waals surface area contributed by atoms with Crippen LogP contribution in [0.3, 0.4) is 0 Å². The van der Waals surface area contributed by atoms with Crippen molar-refractivity contribution in [2.75, 3.05) is 39.8 Å². The van der Waals surface area contributed by atoms with Crippen LogP contribution in [0.5, 0.6) is 0 Å². The number of aliphatic hydroxyl groups excluding tert-OH is 1. The van der Waals surface area contributed by atoms with Crippen molar-refractivity contribution in [1.82, 2.24) is 24.5 Å². The van der Waals surface area contributed by atoms with E-state index in [9.17, 15) is 9.90 Å². The third kappa shape index (κ3) is 5.29. The topological polar surface area (TPSA) is 64.8 Å². The first-order valence-corrected chi connectivity index (χ1v) is 8.75. The normalized spacial score (nSPS) is 21.0. The van der Waals surface area contributed by atoms with Crippen LogP contribution in [0, 0.1) is 0 Å². The summed E-state index contributed by atoms with van der Waals surface area (Å²) < 4.78 is 1.75. The fraction of sp³-hybridized carbons (Fsp3) is 0.765. The second kappa shape index (κ2) is 8.60. The van der Waals surface area contributed by atoms with Gasteiger partial charge in [0.05, 0.1) is 18.8 Å². The SMILES string of the molecule is CC[C@@H]1CN(CC(=O)N(C)Cc2cnn(C)c2)CCN1C[C@H](C)O. The van der Waals surface area contributed by atoms with Crippen LogP contribution in [0.1, 0.15) is 25.8 Å². The lowest BCUT2D eigenvalue weighted by molar-refractivity contribution is -0.132. The minimum absolute atomic E-state index is 0.137. The number of carbonyl (C=O) groups is 1. The number of hydrogen-bond donors (Lipinski definition) is 1. The van der Waals surface area contributed by atoms with Gasteiger partial charge in [-0.25, -0.2) is 0 Å². The van der Waals surface area contributed by atoms with E-state index in [-0.39, 0.29) is 12.0 Å². The van der Waals surface area contributed by atoms with Gasteiger partial charge in [0.2, 0.25) is 5.91 Å². The van der Waals surface area contributed by atoms with Crippen molar-refractivity contribution in [2.45, 2.75) is 39.0 Å². The van der Waals surface area contributed by atoms with E-state index in [1.54, 1.807) is 15.8 Å². The van der Waals surface area contributed by atoms with Gasteiger partial charge in [-0.3, -0.25) is 19.3 Å². The van der Waals surface area contributed by atoms with Gasteiger partial charge in [-0.2, -0.15) is 5.10 Å². The molecule has 1 fully saturated rings. The zero-order valence-corrected chi connectivity index (χ0v) is 15.4. The van der Waals surface area contributed by atoms with Gasteiger partial charge in [-0.1, -0.05) is 6.92 Å². The largest absolute Gasteiger partial charge is 0.392 e. The molecular weight excluding hydrogens is 306 g/mol. The Bertz CT molecular complexity index is 531. The monoisotopic (exact) mass is 337 g/mol. The van der Waals surface area contributed by atoms with E-state index in [4.69, 9.17) is 0 Å². The van der Waals surface area contributed by atoms with Crippen molar-refractivity contribution in [2.24, 2.45) is 7.05 Å². The highest BCUT2D eigenvalue weighted by molar-refractivity contribution is 5.78. The number of aromatic nitrogens is 2. The predicted octanol–water partition coefficient (Wildman–Crippen LogP) is 0.156. The first kappa shape index (κ1) is 18.9. The fourth-order valence-corrected chi connectivity index (χ4v) is 3.30. The van der Waals surface area contributed by atoms with Crippen molar-refractivity contribution in [1.29, 1.82) is 0 Å². The van der Waals surface area contributed by atoms with Crippen molar-refractivity contribution in [3.8, 4) is 0 Å². The average Bonchev–Trinajstić information content (AvgIpc) is 2.93. The first-order valence-electron chi connectivity index (χ1n) is 8.75. The lowest BCUT2D eigenvalue weighted by atomic mass is 10.1. The molecule has 1 aromatic heterocycles. The van der Waals surface area contributed by atoms with Crippen molar-refractivity contribution >= 4 is 5.91 Å². The summed E-state index contributed by atoms with van der Waals surface area (Å²) in [5.41, 5.74) is 1.04. The summed E-state index contributed by atoms with van der Waals surface area (Å²) in [5.74, 6) is 0.137. The van der Waals surface area contributed by atoms with Gasteiger partial charge in [-0.05, 0) is 13.3 Å². The second-order valence-electron chi connectivity index (χ2n) is 6.91. The third-order valence-corrected chi connectivity index (χ3v) is 4.62. The van der Waals surface area contributed by atoms with Gasteiger partial charge >= 0.3 is 0 Å². The quantitative estimate of drug-likeness (QED) is 0.768.